The number of halogens is 1. The van der Waals surface area contributed by atoms with Crippen LogP contribution in [-0.4, -0.2) is 20.7 Å². The van der Waals surface area contributed by atoms with Gasteiger partial charge >= 0.3 is 0 Å². The molecular formula is C17H15BrN4O. The zero-order valence-electron chi connectivity index (χ0n) is 12.3. The van der Waals surface area contributed by atoms with Gasteiger partial charge in [-0.1, -0.05) is 24.3 Å². The third-order valence-electron chi connectivity index (χ3n) is 3.35. The number of carbonyl (C=O) groups is 1. The SMILES string of the molecule is O=C(NCc1ccc(Cn2cccn2)cc1)c1cncc(Br)c1. The molecule has 0 aliphatic heterocycles. The molecule has 0 aliphatic rings. The number of rotatable bonds is 5. The first-order valence-electron chi connectivity index (χ1n) is 7.15. The molecule has 3 rings (SSSR count). The molecule has 0 atom stereocenters. The van der Waals surface area contributed by atoms with Gasteiger partial charge in [0.2, 0.25) is 0 Å². The summed E-state index contributed by atoms with van der Waals surface area (Å²) in [4.78, 5) is 16.1. The Morgan fingerprint density at radius 2 is 1.96 bits per heavy atom. The number of carbonyl (C=O) groups excluding carboxylic acids is 1. The van der Waals surface area contributed by atoms with Crippen LogP contribution in [0.1, 0.15) is 21.5 Å². The van der Waals surface area contributed by atoms with Crippen molar-refractivity contribution in [3.05, 3.63) is 82.3 Å². The van der Waals surface area contributed by atoms with E-state index in [0.29, 0.717) is 12.1 Å². The van der Waals surface area contributed by atoms with Gasteiger partial charge in [-0.05, 0) is 39.2 Å². The highest BCUT2D eigenvalue weighted by Gasteiger charge is 2.06. The lowest BCUT2D eigenvalue weighted by atomic mass is 10.1. The molecule has 0 fully saturated rings. The van der Waals surface area contributed by atoms with Gasteiger partial charge < -0.3 is 5.32 Å². The minimum Gasteiger partial charge on any atom is -0.348 e. The lowest BCUT2D eigenvalue weighted by molar-refractivity contribution is 0.0950. The Morgan fingerprint density at radius 1 is 1.17 bits per heavy atom. The van der Waals surface area contributed by atoms with Crippen LogP contribution in [0.3, 0.4) is 0 Å². The molecule has 0 saturated heterocycles. The van der Waals surface area contributed by atoms with Crippen molar-refractivity contribution in [3.63, 3.8) is 0 Å². The second kappa shape index (κ2) is 7.19. The van der Waals surface area contributed by atoms with Crippen LogP contribution in [0.15, 0.2) is 65.7 Å². The van der Waals surface area contributed by atoms with Crippen LogP contribution in [0.25, 0.3) is 0 Å². The van der Waals surface area contributed by atoms with Crippen LogP contribution in [0.4, 0.5) is 0 Å². The van der Waals surface area contributed by atoms with E-state index in [9.17, 15) is 4.79 Å². The van der Waals surface area contributed by atoms with Crippen molar-refractivity contribution in [2.45, 2.75) is 13.1 Å². The highest BCUT2D eigenvalue weighted by atomic mass is 79.9. The summed E-state index contributed by atoms with van der Waals surface area (Å²) in [5.41, 5.74) is 2.75. The number of nitrogens with zero attached hydrogens (tertiary/aromatic N) is 3. The van der Waals surface area contributed by atoms with E-state index in [1.165, 1.54) is 5.56 Å². The molecule has 0 unspecified atom stereocenters. The maximum Gasteiger partial charge on any atom is 0.253 e. The van der Waals surface area contributed by atoms with Crippen molar-refractivity contribution in [2.24, 2.45) is 0 Å². The van der Waals surface area contributed by atoms with Crippen molar-refractivity contribution in [3.8, 4) is 0 Å². The van der Waals surface area contributed by atoms with E-state index in [1.807, 2.05) is 41.2 Å². The molecule has 0 aliphatic carbocycles. The summed E-state index contributed by atoms with van der Waals surface area (Å²) in [5, 5.41) is 7.07. The Bertz CT molecular complexity index is 785. The van der Waals surface area contributed by atoms with Crippen LogP contribution in [-0.2, 0) is 13.1 Å². The fourth-order valence-electron chi connectivity index (χ4n) is 2.16. The van der Waals surface area contributed by atoms with Crippen LogP contribution in [0.2, 0.25) is 0 Å². The number of pyridine rings is 1. The maximum atomic E-state index is 12.1. The van der Waals surface area contributed by atoms with Crippen LogP contribution < -0.4 is 5.32 Å². The second-order valence-electron chi connectivity index (χ2n) is 5.09. The Balaban J connectivity index is 1.57. The van der Waals surface area contributed by atoms with Crippen molar-refractivity contribution in [1.29, 1.82) is 0 Å². The lowest BCUT2D eigenvalue weighted by Gasteiger charge is -2.07. The fraction of sp³-hybridized carbons (Fsp3) is 0.118. The summed E-state index contributed by atoms with van der Waals surface area (Å²) in [5.74, 6) is -0.139. The van der Waals surface area contributed by atoms with E-state index in [0.717, 1.165) is 16.6 Å². The Labute approximate surface area is 142 Å². The zero-order chi connectivity index (χ0) is 16.1. The number of benzene rings is 1. The van der Waals surface area contributed by atoms with Crippen molar-refractivity contribution >= 4 is 21.8 Å². The number of nitrogens with one attached hydrogen (secondary N) is 1. The van der Waals surface area contributed by atoms with Gasteiger partial charge in [0, 0.05) is 35.8 Å². The molecular weight excluding hydrogens is 356 g/mol. The summed E-state index contributed by atoms with van der Waals surface area (Å²) >= 11 is 3.31. The summed E-state index contributed by atoms with van der Waals surface area (Å²) in [6, 6.07) is 11.8. The second-order valence-corrected chi connectivity index (χ2v) is 6.01. The third-order valence-corrected chi connectivity index (χ3v) is 3.78. The average Bonchev–Trinajstić information content (AvgIpc) is 3.07. The minimum atomic E-state index is -0.139. The highest BCUT2D eigenvalue weighted by Crippen LogP contribution is 2.10. The predicted octanol–water partition coefficient (Wildman–Crippen LogP) is 3.02. The molecule has 0 radical (unpaired) electrons. The van der Waals surface area contributed by atoms with Crippen molar-refractivity contribution in [2.75, 3.05) is 0 Å². The third kappa shape index (κ3) is 4.26. The van der Waals surface area contributed by atoms with E-state index in [1.54, 1.807) is 24.7 Å². The summed E-state index contributed by atoms with van der Waals surface area (Å²) in [6.45, 7) is 1.22. The summed E-state index contributed by atoms with van der Waals surface area (Å²) < 4.78 is 2.66. The molecule has 2 heterocycles. The first kappa shape index (κ1) is 15.4. The van der Waals surface area contributed by atoms with Gasteiger partial charge in [-0.15, -0.1) is 0 Å². The lowest BCUT2D eigenvalue weighted by Crippen LogP contribution is -2.22. The standard InChI is InChI=1S/C17H15BrN4O/c18-16-8-15(10-19-11-16)17(23)20-9-13-2-4-14(5-3-13)12-22-7-1-6-21-22/h1-8,10-11H,9,12H2,(H,20,23). The van der Waals surface area contributed by atoms with Gasteiger partial charge in [0.1, 0.15) is 0 Å². The van der Waals surface area contributed by atoms with E-state index in [4.69, 9.17) is 0 Å². The van der Waals surface area contributed by atoms with Crippen LogP contribution in [0.5, 0.6) is 0 Å². The van der Waals surface area contributed by atoms with E-state index >= 15 is 0 Å². The molecule has 23 heavy (non-hydrogen) atoms. The molecule has 6 heteroatoms. The Morgan fingerprint density at radius 3 is 2.65 bits per heavy atom. The van der Waals surface area contributed by atoms with Gasteiger partial charge in [-0.25, -0.2) is 0 Å². The zero-order valence-corrected chi connectivity index (χ0v) is 13.9. The topological polar surface area (TPSA) is 59.8 Å². The van der Waals surface area contributed by atoms with Crippen molar-refractivity contribution < 1.29 is 4.79 Å². The van der Waals surface area contributed by atoms with E-state index in [-0.39, 0.29) is 5.91 Å². The van der Waals surface area contributed by atoms with Gasteiger partial charge in [-0.2, -0.15) is 5.10 Å². The highest BCUT2D eigenvalue weighted by molar-refractivity contribution is 9.10. The smallest absolute Gasteiger partial charge is 0.253 e. The minimum absolute atomic E-state index is 0.139. The first-order chi connectivity index (χ1) is 11.2. The van der Waals surface area contributed by atoms with Gasteiger partial charge in [0.25, 0.3) is 5.91 Å². The number of aromatic nitrogens is 3. The number of hydrogen-bond acceptors (Lipinski definition) is 3. The molecule has 5 nitrogen and oxygen atoms in total. The fourth-order valence-corrected chi connectivity index (χ4v) is 2.53. The Kier molecular flexibility index (Phi) is 4.83. The molecule has 0 saturated carbocycles. The predicted molar refractivity (Wildman–Crippen MR) is 90.9 cm³/mol. The largest absolute Gasteiger partial charge is 0.348 e. The summed E-state index contributed by atoms with van der Waals surface area (Å²) in [6.07, 6.45) is 6.89. The molecule has 0 spiro atoms. The molecule has 2 aromatic heterocycles. The molecule has 1 N–H and O–H groups in total. The van der Waals surface area contributed by atoms with Crippen LogP contribution in [0, 0.1) is 0 Å². The normalized spacial score (nSPS) is 10.5. The molecule has 3 aromatic rings. The van der Waals surface area contributed by atoms with Gasteiger partial charge in [0.05, 0.1) is 12.1 Å². The van der Waals surface area contributed by atoms with Gasteiger partial charge in [-0.3, -0.25) is 14.5 Å². The quantitative estimate of drug-likeness (QED) is 0.750. The number of amides is 1. The number of hydrogen-bond donors (Lipinski definition) is 1. The van der Waals surface area contributed by atoms with E-state index < -0.39 is 0 Å². The van der Waals surface area contributed by atoms with Gasteiger partial charge in [0.15, 0.2) is 0 Å². The summed E-state index contributed by atoms with van der Waals surface area (Å²) in [7, 11) is 0. The molecule has 0 bridgehead atoms. The molecule has 116 valence electrons. The maximum absolute atomic E-state index is 12.1. The molecule has 1 amide bonds. The Hall–Kier alpha value is -2.47. The average molecular weight is 371 g/mol. The first-order valence-corrected chi connectivity index (χ1v) is 7.94. The monoisotopic (exact) mass is 370 g/mol. The van der Waals surface area contributed by atoms with Crippen LogP contribution >= 0.6 is 15.9 Å². The van der Waals surface area contributed by atoms with Crippen molar-refractivity contribution in [1.82, 2.24) is 20.1 Å². The molecule has 1 aromatic carbocycles. The van der Waals surface area contributed by atoms with E-state index in [2.05, 4.69) is 31.3 Å².